The predicted octanol–water partition coefficient (Wildman–Crippen LogP) is 1.80. The number of sulfonamides is 1. The Kier molecular flexibility index (Phi) is 4.50. The number of aliphatic carboxylic acids is 1. The van der Waals surface area contributed by atoms with Crippen molar-refractivity contribution < 1.29 is 23.1 Å². The molecule has 27 heavy (non-hydrogen) atoms. The first-order valence-corrected chi connectivity index (χ1v) is 10.9. The third kappa shape index (κ3) is 2.95. The molecule has 2 aliphatic heterocycles. The van der Waals surface area contributed by atoms with Crippen LogP contribution in [0.5, 0.6) is 0 Å². The smallest absolute Gasteiger partial charge is 0.311 e. The molecule has 2 atom stereocenters. The van der Waals surface area contributed by atoms with Gasteiger partial charge in [0, 0.05) is 31.7 Å². The van der Waals surface area contributed by atoms with E-state index in [2.05, 4.69) is 0 Å². The van der Waals surface area contributed by atoms with Crippen LogP contribution in [-0.2, 0) is 14.8 Å². The number of carboxylic acids is 1. The molecule has 0 bridgehead atoms. The van der Waals surface area contributed by atoms with Gasteiger partial charge in [0.15, 0.2) is 0 Å². The molecule has 0 unspecified atom stereocenters. The minimum atomic E-state index is -3.50. The number of rotatable bonds is 4. The lowest BCUT2D eigenvalue weighted by Gasteiger charge is -2.23. The average Bonchev–Trinajstić information content (AvgIpc) is 3.36. The first-order chi connectivity index (χ1) is 12.8. The van der Waals surface area contributed by atoms with Gasteiger partial charge in [-0.05, 0) is 55.9 Å². The van der Waals surface area contributed by atoms with Crippen molar-refractivity contribution in [3.05, 3.63) is 29.8 Å². The summed E-state index contributed by atoms with van der Waals surface area (Å²) in [6.07, 6.45) is 4.09. The Morgan fingerprint density at radius 3 is 2.33 bits per heavy atom. The zero-order valence-electron chi connectivity index (χ0n) is 15.1. The van der Waals surface area contributed by atoms with E-state index >= 15 is 0 Å². The number of amides is 1. The summed E-state index contributed by atoms with van der Waals surface area (Å²) in [6.45, 7) is 1.77. The number of likely N-dealkylation sites (tertiary alicyclic amines) is 1. The van der Waals surface area contributed by atoms with Gasteiger partial charge in [-0.15, -0.1) is 0 Å². The monoisotopic (exact) mass is 392 g/mol. The predicted molar refractivity (Wildman–Crippen MR) is 97.7 cm³/mol. The highest BCUT2D eigenvalue weighted by Crippen LogP contribution is 2.49. The molecular weight excluding hydrogens is 368 g/mol. The molecule has 1 aromatic rings. The SMILES string of the molecule is O=C(c1ccc(S(=O)(=O)N2CCCC2)cc1)N1C[C@@H]2CCC[C@@]2(C(=O)O)C1. The molecule has 1 saturated carbocycles. The summed E-state index contributed by atoms with van der Waals surface area (Å²) < 4.78 is 26.6. The van der Waals surface area contributed by atoms with Crippen LogP contribution in [0.1, 0.15) is 42.5 Å². The van der Waals surface area contributed by atoms with Crippen molar-refractivity contribution in [2.24, 2.45) is 11.3 Å². The van der Waals surface area contributed by atoms with Crippen molar-refractivity contribution in [3.8, 4) is 0 Å². The molecule has 4 rings (SSSR count). The molecule has 7 nitrogen and oxygen atoms in total. The molecule has 0 spiro atoms. The Labute approximate surface area is 159 Å². The van der Waals surface area contributed by atoms with Crippen LogP contribution >= 0.6 is 0 Å². The Morgan fingerprint density at radius 2 is 1.74 bits per heavy atom. The highest BCUT2D eigenvalue weighted by Gasteiger charge is 2.55. The molecule has 8 heteroatoms. The third-order valence-corrected chi connectivity index (χ3v) is 8.30. The number of fused-ring (bicyclic) bond motifs is 1. The van der Waals surface area contributed by atoms with Crippen LogP contribution in [0.3, 0.4) is 0 Å². The van der Waals surface area contributed by atoms with Crippen LogP contribution < -0.4 is 0 Å². The summed E-state index contributed by atoms with van der Waals surface area (Å²) in [5.74, 6) is -1.03. The van der Waals surface area contributed by atoms with Crippen molar-refractivity contribution in [3.63, 3.8) is 0 Å². The molecule has 1 amide bonds. The molecular formula is C19H24N2O5S. The van der Waals surface area contributed by atoms with Crippen LogP contribution in [0.25, 0.3) is 0 Å². The number of carbonyl (C=O) groups excluding carboxylic acids is 1. The second kappa shape index (κ2) is 6.60. The van der Waals surface area contributed by atoms with Gasteiger partial charge in [-0.25, -0.2) is 8.42 Å². The van der Waals surface area contributed by atoms with E-state index in [4.69, 9.17) is 0 Å². The van der Waals surface area contributed by atoms with Gasteiger partial charge in [0.2, 0.25) is 10.0 Å². The fourth-order valence-corrected chi connectivity index (χ4v) is 6.34. The third-order valence-electron chi connectivity index (χ3n) is 6.39. The van der Waals surface area contributed by atoms with Gasteiger partial charge in [0.25, 0.3) is 5.91 Å². The zero-order valence-corrected chi connectivity index (χ0v) is 16.0. The van der Waals surface area contributed by atoms with E-state index < -0.39 is 21.4 Å². The minimum Gasteiger partial charge on any atom is -0.481 e. The Bertz CT molecular complexity index is 861. The molecule has 1 aromatic carbocycles. The summed E-state index contributed by atoms with van der Waals surface area (Å²) in [4.78, 5) is 26.4. The highest BCUT2D eigenvalue weighted by atomic mass is 32.2. The van der Waals surface area contributed by atoms with E-state index in [1.54, 1.807) is 4.90 Å². The van der Waals surface area contributed by atoms with Crippen LogP contribution in [0, 0.1) is 11.3 Å². The lowest BCUT2D eigenvalue weighted by molar-refractivity contribution is -0.149. The van der Waals surface area contributed by atoms with Gasteiger partial charge < -0.3 is 10.0 Å². The van der Waals surface area contributed by atoms with E-state index in [0.717, 1.165) is 25.7 Å². The van der Waals surface area contributed by atoms with Crippen molar-refractivity contribution in [1.29, 1.82) is 0 Å². The quantitative estimate of drug-likeness (QED) is 0.843. The Balaban J connectivity index is 1.51. The second-order valence-corrected chi connectivity index (χ2v) is 9.81. The minimum absolute atomic E-state index is 0.00812. The molecule has 0 aromatic heterocycles. The zero-order chi connectivity index (χ0) is 19.2. The molecule has 0 radical (unpaired) electrons. The Hall–Kier alpha value is -1.93. The van der Waals surface area contributed by atoms with Crippen molar-refractivity contribution in [2.75, 3.05) is 26.2 Å². The van der Waals surface area contributed by atoms with E-state index in [1.165, 1.54) is 28.6 Å². The van der Waals surface area contributed by atoms with Crippen molar-refractivity contribution in [2.45, 2.75) is 37.0 Å². The summed E-state index contributed by atoms with van der Waals surface area (Å²) in [6, 6.07) is 6.02. The largest absolute Gasteiger partial charge is 0.481 e. The number of carboxylic acid groups (broad SMARTS) is 1. The normalized spacial score (nSPS) is 28.4. The van der Waals surface area contributed by atoms with E-state index in [9.17, 15) is 23.1 Å². The number of carbonyl (C=O) groups is 2. The molecule has 1 N–H and O–H groups in total. The number of hydrogen-bond acceptors (Lipinski definition) is 4. The maximum atomic E-state index is 12.8. The fourth-order valence-electron chi connectivity index (χ4n) is 4.82. The number of hydrogen-bond donors (Lipinski definition) is 1. The van der Waals surface area contributed by atoms with Crippen molar-refractivity contribution >= 4 is 21.9 Å². The first kappa shape index (κ1) is 18.4. The lowest BCUT2D eigenvalue weighted by Crippen LogP contribution is -2.37. The fraction of sp³-hybridized carbons (Fsp3) is 0.579. The molecule has 1 aliphatic carbocycles. The van der Waals surface area contributed by atoms with Gasteiger partial charge in [-0.1, -0.05) is 6.42 Å². The number of benzene rings is 1. The lowest BCUT2D eigenvalue weighted by atomic mass is 9.81. The summed E-state index contributed by atoms with van der Waals surface area (Å²) >= 11 is 0. The number of nitrogens with zero attached hydrogens (tertiary/aromatic N) is 2. The van der Waals surface area contributed by atoms with E-state index in [0.29, 0.717) is 31.6 Å². The van der Waals surface area contributed by atoms with Crippen LogP contribution in [0.15, 0.2) is 29.2 Å². The van der Waals surface area contributed by atoms with E-state index in [1.807, 2.05) is 0 Å². The van der Waals surface area contributed by atoms with Crippen LogP contribution in [-0.4, -0.2) is 60.8 Å². The molecule has 3 fully saturated rings. The average molecular weight is 392 g/mol. The standard InChI is InChI=1S/C19H24N2O5S/c22-17(20-12-15-4-3-9-19(15,13-20)18(23)24)14-5-7-16(8-6-14)27(25,26)21-10-1-2-11-21/h5-8,15H,1-4,9-13H2,(H,23,24)/t15-,19+/m0/s1. The maximum Gasteiger partial charge on any atom is 0.311 e. The summed E-state index contributed by atoms with van der Waals surface area (Å²) in [5, 5.41) is 9.66. The van der Waals surface area contributed by atoms with Gasteiger partial charge in [-0.3, -0.25) is 9.59 Å². The van der Waals surface area contributed by atoms with Gasteiger partial charge in [-0.2, -0.15) is 4.31 Å². The highest BCUT2D eigenvalue weighted by molar-refractivity contribution is 7.89. The van der Waals surface area contributed by atoms with Gasteiger partial charge >= 0.3 is 5.97 Å². The van der Waals surface area contributed by atoms with E-state index in [-0.39, 0.29) is 23.3 Å². The van der Waals surface area contributed by atoms with Gasteiger partial charge in [0.05, 0.1) is 10.3 Å². The molecule has 146 valence electrons. The molecule has 3 aliphatic rings. The van der Waals surface area contributed by atoms with Crippen LogP contribution in [0.4, 0.5) is 0 Å². The molecule has 2 saturated heterocycles. The second-order valence-electron chi connectivity index (χ2n) is 7.87. The van der Waals surface area contributed by atoms with Gasteiger partial charge in [0.1, 0.15) is 0 Å². The summed E-state index contributed by atoms with van der Waals surface area (Å²) in [7, 11) is -3.50. The topological polar surface area (TPSA) is 95.0 Å². The first-order valence-electron chi connectivity index (χ1n) is 9.47. The molecule has 2 heterocycles. The Morgan fingerprint density at radius 1 is 1.07 bits per heavy atom. The maximum absolute atomic E-state index is 12.8. The summed E-state index contributed by atoms with van der Waals surface area (Å²) in [5.41, 5.74) is -0.412. The van der Waals surface area contributed by atoms with Crippen LogP contribution in [0.2, 0.25) is 0 Å². The van der Waals surface area contributed by atoms with Crippen molar-refractivity contribution in [1.82, 2.24) is 9.21 Å².